The topological polar surface area (TPSA) is 127 Å². The second-order valence-corrected chi connectivity index (χ2v) is 9.04. The fourth-order valence-corrected chi connectivity index (χ4v) is 5.00. The molecule has 0 fully saturated rings. The summed E-state index contributed by atoms with van der Waals surface area (Å²) in [6.45, 7) is 0. The molecule has 0 unspecified atom stereocenters. The number of nitrogens with one attached hydrogen (secondary N) is 1. The van der Waals surface area contributed by atoms with Gasteiger partial charge in [0.15, 0.2) is 15.6 Å². The molecule has 0 aliphatic rings. The normalized spacial score (nSPS) is 11.7. The molecular formula is C18H12Cl2N4O5S. The maximum absolute atomic E-state index is 12.9. The molecule has 0 atom stereocenters. The van der Waals surface area contributed by atoms with E-state index >= 15 is 0 Å². The van der Waals surface area contributed by atoms with E-state index in [9.17, 15) is 13.2 Å². The van der Waals surface area contributed by atoms with Gasteiger partial charge < -0.3 is 14.8 Å². The minimum atomic E-state index is -3.76. The van der Waals surface area contributed by atoms with Crippen molar-refractivity contribution in [3.8, 4) is 11.7 Å². The lowest BCUT2D eigenvalue weighted by molar-refractivity contribution is 0.144. The van der Waals surface area contributed by atoms with Crippen molar-refractivity contribution in [3.05, 3.63) is 64.4 Å². The Morgan fingerprint density at radius 1 is 1.23 bits per heavy atom. The predicted molar refractivity (Wildman–Crippen MR) is 109 cm³/mol. The van der Waals surface area contributed by atoms with Gasteiger partial charge in [-0.05, 0) is 29.8 Å². The third-order valence-corrected chi connectivity index (χ3v) is 6.47. The first kappa shape index (κ1) is 20.2. The summed E-state index contributed by atoms with van der Waals surface area (Å²) in [4.78, 5) is 17.8. The smallest absolute Gasteiger partial charge is 0.449 e. The van der Waals surface area contributed by atoms with Gasteiger partial charge >= 0.3 is 6.16 Å². The Labute approximate surface area is 179 Å². The molecule has 2 N–H and O–H groups in total. The average molecular weight is 467 g/mol. The Bertz CT molecular complexity index is 1380. The number of carboxylic acid groups (broad SMARTS) is 1. The number of rotatable bonds is 5. The van der Waals surface area contributed by atoms with Gasteiger partial charge in [-0.25, -0.2) is 22.9 Å². The molecule has 0 spiro atoms. The van der Waals surface area contributed by atoms with E-state index < -0.39 is 16.0 Å². The van der Waals surface area contributed by atoms with Gasteiger partial charge in [0.25, 0.3) is 0 Å². The predicted octanol–water partition coefficient (Wildman–Crippen LogP) is 4.09. The molecular weight excluding hydrogens is 455 g/mol. The zero-order valence-electron chi connectivity index (χ0n) is 14.9. The molecule has 0 saturated carbocycles. The summed E-state index contributed by atoms with van der Waals surface area (Å²) in [5.41, 5.74) is 1.36. The van der Waals surface area contributed by atoms with Crippen molar-refractivity contribution in [2.75, 3.05) is 0 Å². The van der Waals surface area contributed by atoms with Gasteiger partial charge in [-0.3, -0.25) is 0 Å². The van der Waals surface area contributed by atoms with E-state index in [4.69, 9.17) is 28.3 Å². The monoisotopic (exact) mass is 466 g/mol. The number of hydrogen-bond donors (Lipinski definition) is 2. The summed E-state index contributed by atoms with van der Waals surface area (Å²) in [7, 11) is -3.76. The molecule has 0 saturated heterocycles. The molecule has 9 nitrogen and oxygen atoms in total. The van der Waals surface area contributed by atoms with Crippen LogP contribution in [0.25, 0.3) is 17.0 Å². The van der Waals surface area contributed by atoms with E-state index in [1.54, 1.807) is 24.3 Å². The second-order valence-electron chi connectivity index (χ2n) is 6.24. The van der Waals surface area contributed by atoms with Gasteiger partial charge in [-0.2, -0.15) is 5.10 Å². The summed E-state index contributed by atoms with van der Waals surface area (Å²) in [5, 5.41) is 13.1. The van der Waals surface area contributed by atoms with Crippen molar-refractivity contribution in [1.82, 2.24) is 19.7 Å². The van der Waals surface area contributed by atoms with Crippen LogP contribution in [0.3, 0.4) is 0 Å². The highest BCUT2D eigenvalue weighted by Gasteiger charge is 2.21. The lowest BCUT2D eigenvalue weighted by atomic mass is 10.2. The van der Waals surface area contributed by atoms with Crippen LogP contribution in [0.15, 0.2) is 53.7 Å². The van der Waals surface area contributed by atoms with Gasteiger partial charge in [-0.1, -0.05) is 35.3 Å². The van der Waals surface area contributed by atoms with Crippen molar-refractivity contribution < 1.29 is 23.1 Å². The zero-order valence-corrected chi connectivity index (χ0v) is 17.2. The standard InChI is InChI=1S/C18H12Cl2N4O5S/c19-11-3-1-2-10(4-11)9-30(27,28)16-6-15-14(5-13(16)20)22-17(23-15)24-8-12(7-21-24)29-18(25)26/h1-8H,9H2,(H,22,23)(H,25,26). The van der Waals surface area contributed by atoms with Crippen molar-refractivity contribution in [2.45, 2.75) is 10.6 Å². The van der Waals surface area contributed by atoms with E-state index in [0.29, 0.717) is 21.6 Å². The van der Waals surface area contributed by atoms with E-state index in [-0.39, 0.29) is 27.4 Å². The number of carbonyl (C=O) groups is 1. The third-order valence-electron chi connectivity index (χ3n) is 4.08. The van der Waals surface area contributed by atoms with Crippen molar-refractivity contribution >= 4 is 50.2 Å². The Balaban J connectivity index is 1.69. The van der Waals surface area contributed by atoms with Gasteiger partial charge in [0.2, 0.25) is 5.95 Å². The third kappa shape index (κ3) is 4.11. The molecule has 0 amide bonds. The van der Waals surface area contributed by atoms with Crippen LogP contribution >= 0.6 is 23.2 Å². The number of benzene rings is 2. The van der Waals surface area contributed by atoms with Crippen LogP contribution in [-0.4, -0.2) is 39.4 Å². The van der Waals surface area contributed by atoms with Gasteiger partial charge in [0, 0.05) is 5.02 Å². The van der Waals surface area contributed by atoms with Gasteiger partial charge in [0.1, 0.15) is 0 Å². The van der Waals surface area contributed by atoms with E-state index in [2.05, 4.69) is 19.8 Å². The molecule has 4 rings (SSSR count). The molecule has 2 heterocycles. The van der Waals surface area contributed by atoms with E-state index in [0.717, 1.165) is 0 Å². The number of sulfone groups is 1. The fraction of sp³-hybridized carbons (Fsp3) is 0.0556. The van der Waals surface area contributed by atoms with Crippen LogP contribution in [0.1, 0.15) is 5.56 Å². The number of fused-ring (bicyclic) bond motifs is 1. The number of hydrogen-bond acceptors (Lipinski definition) is 6. The Morgan fingerprint density at radius 3 is 2.77 bits per heavy atom. The Morgan fingerprint density at radius 2 is 2.03 bits per heavy atom. The van der Waals surface area contributed by atoms with Crippen LogP contribution in [-0.2, 0) is 15.6 Å². The lowest BCUT2D eigenvalue weighted by Crippen LogP contribution is -2.06. The van der Waals surface area contributed by atoms with E-state index in [1.807, 2.05) is 0 Å². The molecule has 0 aliphatic heterocycles. The molecule has 2 aromatic carbocycles. The highest BCUT2D eigenvalue weighted by Crippen LogP contribution is 2.30. The van der Waals surface area contributed by atoms with Crippen molar-refractivity contribution in [3.63, 3.8) is 0 Å². The first-order valence-electron chi connectivity index (χ1n) is 8.33. The maximum Gasteiger partial charge on any atom is 0.511 e. The minimum Gasteiger partial charge on any atom is -0.449 e. The molecule has 30 heavy (non-hydrogen) atoms. The van der Waals surface area contributed by atoms with Crippen LogP contribution in [0.2, 0.25) is 10.0 Å². The highest BCUT2D eigenvalue weighted by molar-refractivity contribution is 7.90. The van der Waals surface area contributed by atoms with Crippen LogP contribution in [0.5, 0.6) is 5.75 Å². The quantitative estimate of drug-likeness (QED) is 0.424. The molecule has 12 heteroatoms. The van der Waals surface area contributed by atoms with Crippen LogP contribution in [0.4, 0.5) is 4.79 Å². The van der Waals surface area contributed by atoms with E-state index in [1.165, 1.54) is 29.2 Å². The van der Waals surface area contributed by atoms with Crippen molar-refractivity contribution in [1.29, 1.82) is 0 Å². The van der Waals surface area contributed by atoms with Gasteiger partial charge in [0.05, 0.1) is 39.1 Å². The Hall–Kier alpha value is -3.08. The molecule has 154 valence electrons. The first-order valence-corrected chi connectivity index (χ1v) is 10.7. The SMILES string of the molecule is O=C(O)Oc1cnn(-c2nc3cc(Cl)c(S(=O)(=O)Cc4cccc(Cl)c4)cc3[nH]2)c1. The number of aromatic amines is 1. The fourth-order valence-electron chi connectivity index (χ4n) is 2.84. The molecule has 0 radical (unpaired) electrons. The first-order chi connectivity index (χ1) is 14.2. The minimum absolute atomic E-state index is 0.00535. The number of aromatic nitrogens is 4. The number of halogens is 2. The molecule has 4 aromatic rings. The van der Waals surface area contributed by atoms with Crippen LogP contribution in [0, 0.1) is 0 Å². The molecule has 2 aromatic heterocycles. The van der Waals surface area contributed by atoms with Crippen molar-refractivity contribution in [2.24, 2.45) is 0 Å². The van der Waals surface area contributed by atoms with Gasteiger partial charge in [-0.15, -0.1) is 0 Å². The maximum atomic E-state index is 12.9. The highest BCUT2D eigenvalue weighted by atomic mass is 35.5. The number of ether oxygens (including phenoxy) is 1. The molecule has 0 aliphatic carbocycles. The summed E-state index contributed by atoms with van der Waals surface area (Å²) >= 11 is 12.2. The molecule has 0 bridgehead atoms. The second kappa shape index (κ2) is 7.63. The largest absolute Gasteiger partial charge is 0.511 e. The number of imidazole rings is 1. The lowest BCUT2D eigenvalue weighted by Gasteiger charge is -2.07. The Kier molecular flexibility index (Phi) is 5.14. The summed E-state index contributed by atoms with van der Waals surface area (Å²) in [5.74, 6) is -0.0362. The number of H-pyrrole nitrogens is 1. The summed E-state index contributed by atoms with van der Waals surface area (Å²) in [6, 6.07) is 9.40. The number of nitrogens with zero attached hydrogens (tertiary/aromatic N) is 3. The zero-order chi connectivity index (χ0) is 21.5. The summed E-state index contributed by atoms with van der Waals surface area (Å²) in [6.07, 6.45) is 1.04. The average Bonchev–Trinajstić information content (AvgIpc) is 3.26. The summed E-state index contributed by atoms with van der Waals surface area (Å²) < 4.78 is 31.6. The van der Waals surface area contributed by atoms with Crippen LogP contribution < -0.4 is 4.74 Å².